The molecule has 1 aliphatic carbocycles. The van der Waals surface area contributed by atoms with Crippen molar-refractivity contribution < 1.29 is 9.90 Å². The van der Waals surface area contributed by atoms with Crippen molar-refractivity contribution in [3.8, 4) is 0 Å². The SMILES string of the molecule is CC1CC(C)(C)CC(CO)(NC(=O)NC(C)c2nncn2C)C1. The van der Waals surface area contributed by atoms with E-state index in [1.54, 1.807) is 10.9 Å². The number of rotatable bonds is 4. The molecule has 0 spiro atoms. The van der Waals surface area contributed by atoms with Gasteiger partial charge in [0.05, 0.1) is 18.2 Å². The summed E-state index contributed by atoms with van der Waals surface area (Å²) in [5.41, 5.74) is -0.465. The van der Waals surface area contributed by atoms with Crippen molar-refractivity contribution in [1.29, 1.82) is 0 Å². The van der Waals surface area contributed by atoms with Crippen LogP contribution in [0.5, 0.6) is 0 Å². The summed E-state index contributed by atoms with van der Waals surface area (Å²) in [5.74, 6) is 1.15. The Bertz CT molecular complexity index is 556. The number of nitrogens with zero attached hydrogens (tertiary/aromatic N) is 3. The fraction of sp³-hybridized carbons (Fsp3) is 0.812. The van der Waals surface area contributed by atoms with Crippen LogP contribution in [0.15, 0.2) is 6.33 Å². The Morgan fingerprint density at radius 3 is 2.74 bits per heavy atom. The van der Waals surface area contributed by atoms with Gasteiger partial charge in [-0.2, -0.15) is 0 Å². The predicted octanol–water partition coefficient (Wildman–Crippen LogP) is 1.75. The van der Waals surface area contributed by atoms with Crippen LogP contribution in [-0.4, -0.2) is 38.0 Å². The number of carbonyl (C=O) groups excluding carboxylic acids is 1. The first kappa shape index (κ1) is 17.7. The molecule has 0 bridgehead atoms. The summed E-state index contributed by atoms with van der Waals surface area (Å²) in [6, 6.07) is -0.535. The van der Waals surface area contributed by atoms with E-state index in [9.17, 15) is 9.90 Å². The Labute approximate surface area is 137 Å². The quantitative estimate of drug-likeness (QED) is 0.787. The van der Waals surface area contributed by atoms with Gasteiger partial charge in [-0.15, -0.1) is 10.2 Å². The smallest absolute Gasteiger partial charge is 0.315 e. The average Bonchev–Trinajstić information content (AvgIpc) is 2.82. The molecule has 1 fully saturated rings. The molecule has 0 aromatic carbocycles. The van der Waals surface area contributed by atoms with Crippen LogP contribution in [0.2, 0.25) is 0 Å². The first-order valence-electron chi connectivity index (χ1n) is 8.20. The van der Waals surface area contributed by atoms with E-state index in [1.165, 1.54) is 0 Å². The minimum absolute atomic E-state index is 0.0491. The molecule has 1 aliphatic rings. The first-order chi connectivity index (χ1) is 10.7. The van der Waals surface area contributed by atoms with Gasteiger partial charge in [0.1, 0.15) is 6.33 Å². The number of hydrogen-bond acceptors (Lipinski definition) is 4. The number of nitrogens with one attached hydrogen (secondary N) is 2. The molecule has 2 rings (SSSR count). The standard InChI is InChI=1S/C16H29N5O2/c1-11-6-15(3,4)8-16(7-11,9-22)19-14(23)18-12(2)13-20-17-10-21(13)5/h10-12,22H,6-9H2,1-5H3,(H2,18,19,23). The molecule has 1 aromatic heterocycles. The first-order valence-corrected chi connectivity index (χ1v) is 8.20. The van der Waals surface area contributed by atoms with Gasteiger partial charge in [-0.05, 0) is 37.5 Å². The Morgan fingerprint density at radius 2 is 2.22 bits per heavy atom. The lowest BCUT2D eigenvalue weighted by molar-refractivity contribution is 0.0430. The Kier molecular flexibility index (Phi) is 4.98. The minimum atomic E-state index is -0.565. The van der Waals surface area contributed by atoms with Crippen LogP contribution in [0, 0.1) is 11.3 Å². The van der Waals surface area contributed by atoms with E-state index in [0.717, 1.165) is 19.3 Å². The summed E-state index contributed by atoms with van der Waals surface area (Å²) in [5, 5.41) is 23.7. The largest absolute Gasteiger partial charge is 0.394 e. The van der Waals surface area contributed by atoms with Gasteiger partial charge < -0.3 is 20.3 Å². The normalized spacial score (nSPS) is 28.2. The van der Waals surface area contributed by atoms with E-state index in [2.05, 4.69) is 41.6 Å². The highest BCUT2D eigenvalue weighted by molar-refractivity contribution is 5.75. The van der Waals surface area contributed by atoms with Crippen LogP contribution < -0.4 is 10.6 Å². The summed E-state index contributed by atoms with van der Waals surface area (Å²) in [6.45, 7) is 8.37. The van der Waals surface area contributed by atoms with E-state index in [-0.39, 0.29) is 24.1 Å². The number of aryl methyl sites for hydroxylation is 1. The van der Waals surface area contributed by atoms with Crippen LogP contribution in [0.1, 0.15) is 58.8 Å². The van der Waals surface area contributed by atoms with Gasteiger partial charge in [0, 0.05) is 7.05 Å². The number of hydrogen-bond donors (Lipinski definition) is 3. The summed E-state index contributed by atoms with van der Waals surface area (Å²) in [7, 11) is 1.84. The van der Waals surface area contributed by atoms with Crippen molar-refractivity contribution in [3.05, 3.63) is 12.2 Å². The van der Waals surface area contributed by atoms with Crippen molar-refractivity contribution in [1.82, 2.24) is 25.4 Å². The van der Waals surface area contributed by atoms with Crippen LogP contribution in [0.3, 0.4) is 0 Å². The van der Waals surface area contributed by atoms with Crippen LogP contribution in [0.4, 0.5) is 4.79 Å². The van der Waals surface area contributed by atoms with Gasteiger partial charge in [-0.25, -0.2) is 4.79 Å². The predicted molar refractivity (Wildman–Crippen MR) is 87.7 cm³/mol. The molecule has 23 heavy (non-hydrogen) atoms. The Morgan fingerprint density at radius 1 is 1.52 bits per heavy atom. The number of carbonyl (C=O) groups is 1. The van der Waals surface area contributed by atoms with Crippen molar-refractivity contribution >= 4 is 6.03 Å². The molecule has 0 radical (unpaired) electrons. The van der Waals surface area contributed by atoms with Gasteiger partial charge >= 0.3 is 6.03 Å². The summed E-state index contributed by atoms with van der Waals surface area (Å²) in [4.78, 5) is 12.4. The second-order valence-electron chi connectivity index (χ2n) is 7.91. The third kappa shape index (κ3) is 4.22. The van der Waals surface area contributed by atoms with E-state index in [4.69, 9.17) is 0 Å². The maximum atomic E-state index is 12.4. The molecule has 3 unspecified atom stereocenters. The van der Waals surface area contributed by atoms with E-state index < -0.39 is 5.54 Å². The van der Waals surface area contributed by atoms with Crippen LogP contribution in [-0.2, 0) is 7.05 Å². The summed E-state index contributed by atoms with van der Waals surface area (Å²) in [6.07, 6.45) is 4.27. The third-order valence-corrected chi connectivity index (χ3v) is 4.62. The van der Waals surface area contributed by atoms with Gasteiger partial charge in [0.25, 0.3) is 0 Å². The van der Waals surface area contributed by atoms with Crippen LogP contribution >= 0.6 is 0 Å². The number of aliphatic hydroxyl groups is 1. The molecule has 3 N–H and O–H groups in total. The highest BCUT2D eigenvalue weighted by atomic mass is 16.3. The van der Waals surface area contributed by atoms with Crippen molar-refractivity contribution in [2.45, 2.75) is 58.5 Å². The Hall–Kier alpha value is -1.63. The topological polar surface area (TPSA) is 92.1 Å². The van der Waals surface area contributed by atoms with Crippen LogP contribution in [0.25, 0.3) is 0 Å². The zero-order valence-electron chi connectivity index (χ0n) is 14.8. The van der Waals surface area contributed by atoms with Gasteiger partial charge in [-0.3, -0.25) is 0 Å². The number of aromatic nitrogens is 3. The van der Waals surface area contributed by atoms with Gasteiger partial charge in [0.2, 0.25) is 0 Å². The number of urea groups is 1. The van der Waals surface area contributed by atoms with E-state index >= 15 is 0 Å². The Balaban J connectivity index is 2.03. The number of aliphatic hydroxyl groups excluding tert-OH is 1. The molecular formula is C16H29N5O2. The molecule has 3 atom stereocenters. The highest BCUT2D eigenvalue weighted by Gasteiger charge is 2.43. The monoisotopic (exact) mass is 323 g/mol. The maximum absolute atomic E-state index is 12.4. The molecule has 2 amide bonds. The molecule has 0 aliphatic heterocycles. The highest BCUT2D eigenvalue weighted by Crippen LogP contribution is 2.43. The third-order valence-electron chi connectivity index (χ3n) is 4.62. The lowest BCUT2D eigenvalue weighted by Gasteiger charge is -2.47. The molecule has 7 heteroatoms. The fourth-order valence-electron chi connectivity index (χ4n) is 4.22. The van der Waals surface area contributed by atoms with Crippen molar-refractivity contribution in [2.24, 2.45) is 18.4 Å². The van der Waals surface area contributed by atoms with Crippen molar-refractivity contribution in [3.63, 3.8) is 0 Å². The fourth-order valence-corrected chi connectivity index (χ4v) is 4.22. The molecule has 0 saturated heterocycles. The molecule has 1 heterocycles. The maximum Gasteiger partial charge on any atom is 0.315 e. The summed E-state index contributed by atoms with van der Waals surface area (Å²) >= 11 is 0. The number of amides is 2. The molecule has 1 aromatic rings. The lowest BCUT2D eigenvalue weighted by Crippen LogP contribution is -2.59. The summed E-state index contributed by atoms with van der Waals surface area (Å²) < 4.78 is 1.78. The molecule has 7 nitrogen and oxygen atoms in total. The zero-order chi connectivity index (χ0) is 17.3. The second kappa shape index (κ2) is 6.47. The van der Waals surface area contributed by atoms with Gasteiger partial charge in [0.15, 0.2) is 5.82 Å². The molecule has 130 valence electrons. The minimum Gasteiger partial charge on any atom is -0.394 e. The van der Waals surface area contributed by atoms with Gasteiger partial charge in [-0.1, -0.05) is 20.8 Å². The molecule has 1 saturated carbocycles. The molecular weight excluding hydrogens is 294 g/mol. The lowest BCUT2D eigenvalue weighted by atomic mass is 9.64. The second-order valence-corrected chi connectivity index (χ2v) is 7.91. The van der Waals surface area contributed by atoms with Crippen molar-refractivity contribution in [2.75, 3.05) is 6.61 Å². The van der Waals surface area contributed by atoms with E-state index in [0.29, 0.717) is 11.7 Å². The van der Waals surface area contributed by atoms with E-state index in [1.807, 2.05) is 14.0 Å². The zero-order valence-corrected chi connectivity index (χ0v) is 14.8. The average molecular weight is 323 g/mol.